The Morgan fingerprint density at radius 1 is 1.77 bits per heavy atom. The summed E-state index contributed by atoms with van der Waals surface area (Å²) < 4.78 is 2.81. The average molecular weight is 245 g/mol. The number of aliphatic carboxylic acids is 1. The molecule has 1 atom stereocenters. The Bertz CT molecular complexity index is 348. The minimum atomic E-state index is -0.705. The largest absolute Gasteiger partial charge is 0.481 e. The van der Waals surface area contributed by atoms with Crippen LogP contribution in [0, 0.1) is 5.92 Å². The van der Waals surface area contributed by atoms with Gasteiger partial charge in [0.15, 0.2) is 4.73 Å². The van der Waals surface area contributed by atoms with Crippen LogP contribution in [0.25, 0.3) is 0 Å². The van der Waals surface area contributed by atoms with E-state index in [0.29, 0.717) is 12.8 Å². The van der Waals surface area contributed by atoms with Gasteiger partial charge in [-0.2, -0.15) is 0 Å². The fourth-order valence-corrected chi connectivity index (χ4v) is 2.14. The maximum atomic E-state index is 10.7. The Kier molecular flexibility index (Phi) is 2.11. The molecular weight excluding hydrogens is 236 g/mol. The second-order valence-corrected chi connectivity index (χ2v) is 3.91. The van der Waals surface area contributed by atoms with Crippen molar-refractivity contribution in [2.75, 3.05) is 0 Å². The van der Waals surface area contributed by atoms with Crippen molar-refractivity contribution in [2.45, 2.75) is 19.4 Å². The maximum Gasteiger partial charge on any atom is 0.306 e. The van der Waals surface area contributed by atoms with Crippen molar-refractivity contribution >= 4 is 21.9 Å². The van der Waals surface area contributed by atoms with Crippen molar-refractivity contribution in [3.63, 3.8) is 0 Å². The summed E-state index contributed by atoms with van der Waals surface area (Å²) in [6, 6.07) is 0. The topological polar surface area (TPSA) is 55.1 Å². The first-order valence-electron chi connectivity index (χ1n) is 4.11. The molecule has 0 fully saturated rings. The molecule has 1 aliphatic heterocycles. The molecule has 70 valence electrons. The number of rotatable bonds is 1. The monoisotopic (exact) mass is 244 g/mol. The minimum Gasteiger partial charge on any atom is -0.481 e. The molecule has 0 radical (unpaired) electrons. The number of carbonyl (C=O) groups is 1. The molecule has 1 unspecified atom stereocenters. The lowest BCUT2D eigenvalue weighted by atomic mass is 9.97. The van der Waals surface area contributed by atoms with Crippen LogP contribution < -0.4 is 0 Å². The lowest BCUT2D eigenvalue weighted by Crippen LogP contribution is -2.25. The summed E-state index contributed by atoms with van der Waals surface area (Å²) in [6.45, 7) is 0.743. The Labute approximate surface area is 83.7 Å². The van der Waals surface area contributed by atoms with Crippen molar-refractivity contribution in [1.29, 1.82) is 0 Å². The van der Waals surface area contributed by atoms with Crippen LogP contribution in [0.4, 0.5) is 0 Å². The van der Waals surface area contributed by atoms with Crippen LogP contribution in [0.2, 0.25) is 0 Å². The third-order valence-electron chi connectivity index (χ3n) is 2.40. The molecule has 0 saturated carbocycles. The van der Waals surface area contributed by atoms with Gasteiger partial charge in [0.2, 0.25) is 0 Å². The molecule has 1 aromatic rings. The van der Waals surface area contributed by atoms with Crippen LogP contribution in [-0.4, -0.2) is 20.6 Å². The van der Waals surface area contributed by atoms with Crippen LogP contribution in [0.5, 0.6) is 0 Å². The van der Waals surface area contributed by atoms with Gasteiger partial charge in [-0.1, -0.05) is 0 Å². The van der Waals surface area contributed by atoms with Crippen molar-refractivity contribution < 1.29 is 9.90 Å². The van der Waals surface area contributed by atoms with Crippen LogP contribution in [-0.2, 0) is 17.8 Å². The second-order valence-electron chi connectivity index (χ2n) is 3.20. The van der Waals surface area contributed by atoms with E-state index in [2.05, 4.69) is 20.9 Å². The van der Waals surface area contributed by atoms with E-state index in [1.165, 1.54) is 0 Å². The SMILES string of the molecule is O=C(O)C1CCn2c(cnc2Br)C1. The fourth-order valence-electron chi connectivity index (χ4n) is 1.63. The predicted octanol–water partition coefficient (Wildman–Crippen LogP) is 1.29. The summed E-state index contributed by atoms with van der Waals surface area (Å²) in [5, 5.41) is 8.83. The number of hydrogen-bond donors (Lipinski definition) is 1. The van der Waals surface area contributed by atoms with E-state index in [-0.39, 0.29) is 5.92 Å². The van der Waals surface area contributed by atoms with E-state index >= 15 is 0 Å². The summed E-state index contributed by atoms with van der Waals surface area (Å²) in [6.07, 6.45) is 3.02. The molecule has 0 spiro atoms. The van der Waals surface area contributed by atoms with E-state index in [9.17, 15) is 4.79 Å². The van der Waals surface area contributed by atoms with E-state index in [1.807, 2.05) is 4.57 Å². The number of hydrogen-bond acceptors (Lipinski definition) is 2. The van der Waals surface area contributed by atoms with Gasteiger partial charge in [-0.05, 0) is 22.4 Å². The summed E-state index contributed by atoms with van der Waals surface area (Å²) in [7, 11) is 0. The molecule has 0 amide bonds. The number of nitrogens with zero attached hydrogens (tertiary/aromatic N) is 2. The highest BCUT2D eigenvalue weighted by atomic mass is 79.9. The van der Waals surface area contributed by atoms with Gasteiger partial charge >= 0.3 is 5.97 Å². The Morgan fingerprint density at radius 2 is 2.54 bits per heavy atom. The molecule has 4 nitrogen and oxygen atoms in total. The molecule has 2 rings (SSSR count). The summed E-state index contributed by atoms with van der Waals surface area (Å²) in [4.78, 5) is 14.8. The summed E-state index contributed by atoms with van der Waals surface area (Å²) in [5.41, 5.74) is 1.01. The number of fused-ring (bicyclic) bond motifs is 1. The van der Waals surface area contributed by atoms with Crippen LogP contribution in [0.1, 0.15) is 12.1 Å². The smallest absolute Gasteiger partial charge is 0.306 e. The number of halogens is 1. The first-order valence-corrected chi connectivity index (χ1v) is 4.90. The molecule has 2 heterocycles. The molecule has 0 saturated heterocycles. The Morgan fingerprint density at radius 3 is 3.23 bits per heavy atom. The molecule has 0 bridgehead atoms. The van der Waals surface area contributed by atoms with Crippen LogP contribution in [0.15, 0.2) is 10.9 Å². The second kappa shape index (κ2) is 3.14. The molecule has 1 N–H and O–H groups in total. The minimum absolute atomic E-state index is 0.240. The zero-order valence-electron chi connectivity index (χ0n) is 6.90. The van der Waals surface area contributed by atoms with Gasteiger partial charge in [-0.3, -0.25) is 4.79 Å². The van der Waals surface area contributed by atoms with Gasteiger partial charge in [0, 0.05) is 24.9 Å². The first kappa shape index (κ1) is 8.74. The quantitative estimate of drug-likeness (QED) is 0.811. The summed E-state index contributed by atoms with van der Waals surface area (Å²) >= 11 is 3.31. The highest BCUT2D eigenvalue weighted by Gasteiger charge is 2.25. The van der Waals surface area contributed by atoms with E-state index in [0.717, 1.165) is 17.0 Å². The highest BCUT2D eigenvalue weighted by molar-refractivity contribution is 9.10. The molecule has 0 aromatic carbocycles. The third kappa shape index (κ3) is 1.48. The lowest BCUT2D eigenvalue weighted by Gasteiger charge is -2.20. The lowest BCUT2D eigenvalue weighted by molar-refractivity contribution is -0.142. The van der Waals surface area contributed by atoms with Crippen LogP contribution in [0.3, 0.4) is 0 Å². The standard InChI is InChI=1S/C8H9BrN2O2/c9-8-10-4-6-3-5(7(12)13)1-2-11(6)8/h4-5H,1-3H2,(H,12,13). The van der Waals surface area contributed by atoms with E-state index in [4.69, 9.17) is 5.11 Å². The summed E-state index contributed by atoms with van der Waals surface area (Å²) in [5.74, 6) is -0.945. The molecule has 5 heteroatoms. The van der Waals surface area contributed by atoms with Crippen molar-refractivity contribution in [2.24, 2.45) is 5.92 Å². The van der Waals surface area contributed by atoms with Gasteiger partial charge in [-0.15, -0.1) is 0 Å². The highest BCUT2D eigenvalue weighted by Crippen LogP contribution is 2.23. The van der Waals surface area contributed by atoms with Gasteiger partial charge in [0.05, 0.1) is 5.92 Å². The number of imidazole rings is 1. The van der Waals surface area contributed by atoms with E-state index < -0.39 is 5.97 Å². The number of aromatic nitrogens is 2. The number of carboxylic acids is 1. The first-order chi connectivity index (χ1) is 6.18. The van der Waals surface area contributed by atoms with Gasteiger partial charge in [0.1, 0.15) is 0 Å². The van der Waals surface area contributed by atoms with Crippen molar-refractivity contribution in [3.8, 4) is 0 Å². The maximum absolute atomic E-state index is 10.7. The molecule has 13 heavy (non-hydrogen) atoms. The molecule has 1 aliphatic rings. The number of carboxylic acid groups (broad SMARTS) is 1. The Hall–Kier alpha value is -0.840. The zero-order chi connectivity index (χ0) is 9.42. The molecular formula is C8H9BrN2O2. The van der Waals surface area contributed by atoms with Crippen LogP contribution >= 0.6 is 15.9 Å². The molecule has 1 aromatic heterocycles. The predicted molar refractivity (Wildman–Crippen MR) is 49.4 cm³/mol. The van der Waals surface area contributed by atoms with Crippen molar-refractivity contribution in [1.82, 2.24) is 9.55 Å². The molecule has 0 aliphatic carbocycles. The van der Waals surface area contributed by atoms with Crippen molar-refractivity contribution in [3.05, 3.63) is 16.6 Å². The average Bonchev–Trinajstić information content (AvgIpc) is 2.47. The van der Waals surface area contributed by atoms with E-state index in [1.54, 1.807) is 6.20 Å². The Balaban J connectivity index is 2.25. The van der Waals surface area contributed by atoms with Gasteiger partial charge in [0.25, 0.3) is 0 Å². The normalized spacial score (nSPS) is 21.2. The fraction of sp³-hybridized carbons (Fsp3) is 0.500. The van der Waals surface area contributed by atoms with Gasteiger partial charge < -0.3 is 9.67 Å². The van der Waals surface area contributed by atoms with Gasteiger partial charge in [-0.25, -0.2) is 4.98 Å². The zero-order valence-corrected chi connectivity index (χ0v) is 8.49. The third-order valence-corrected chi connectivity index (χ3v) is 3.03.